The summed E-state index contributed by atoms with van der Waals surface area (Å²) >= 11 is 0. The van der Waals surface area contributed by atoms with Crippen LogP contribution in [-0.2, 0) is 14.9 Å². The van der Waals surface area contributed by atoms with Crippen LogP contribution in [0.1, 0.15) is 18.9 Å². The first kappa shape index (κ1) is 11.5. The van der Waals surface area contributed by atoms with Crippen LogP contribution in [0.25, 0.3) is 0 Å². The van der Waals surface area contributed by atoms with Crippen LogP contribution in [0.4, 0.5) is 5.69 Å². The molecule has 4 nitrogen and oxygen atoms in total. The molecular weight excluding hydrogens is 228 g/mol. The fraction of sp³-hybridized carbons (Fsp3) is 0.500. The number of anilines is 1. The SMILES string of the molecule is CCOC(=O)C1NCCC12CNc1ccccc12. The third-order valence-electron chi connectivity index (χ3n) is 4.05. The van der Waals surface area contributed by atoms with Crippen LogP contribution in [-0.4, -0.2) is 31.7 Å². The molecule has 2 N–H and O–H groups in total. The summed E-state index contributed by atoms with van der Waals surface area (Å²) in [5, 5.41) is 6.71. The van der Waals surface area contributed by atoms with E-state index in [0.29, 0.717) is 6.61 Å². The molecular formula is C14H18N2O2. The van der Waals surface area contributed by atoms with Crippen LogP contribution in [0.3, 0.4) is 0 Å². The second-order valence-electron chi connectivity index (χ2n) is 4.94. The number of benzene rings is 1. The minimum atomic E-state index is -0.228. The Bertz CT molecular complexity index is 475. The molecule has 0 radical (unpaired) electrons. The number of nitrogens with one attached hydrogen (secondary N) is 2. The summed E-state index contributed by atoms with van der Waals surface area (Å²) in [7, 11) is 0. The van der Waals surface area contributed by atoms with E-state index in [1.165, 1.54) is 5.56 Å². The van der Waals surface area contributed by atoms with Crippen molar-refractivity contribution in [1.82, 2.24) is 5.32 Å². The Balaban J connectivity index is 1.98. The molecule has 0 saturated carbocycles. The van der Waals surface area contributed by atoms with Crippen LogP contribution in [0, 0.1) is 0 Å². The Morgan fingerprint density at radius 2 is 2.33 bits per heavy atom. The lowest BCUT2D eigenvalue weighted by atomic mass is 9.76. The van der Waals surface area contributed by atoms with Gasteiger partial charge in [0.1, 0.15) is 6.04 Å². The molecule has 0 amide bonds. The van der Waals surface area contributed by atoms with Gasteiger partial charge in [-0.05, 0) is 31.5 Å². The zero-order valence-corrected chi connectivity index (χ0v) is 10.5. The first-order valence-electron chi connectivity index (χ1n) is 6.51. The standard InChI is InChI=1S/C14H18N2O2/c1-2-18-13(17)12-14(7-8-15-12)9-16-11-6-4-3-5-10(11)14/h3-6,12,15-16H,2,7-9H2,1H3. The van der Waals surface area contributed by atoms with Gasteiger partial charge in [0.25, 0.3) is 0 Å². The zero-order chi connectivity index (χ0) is 12.6. The fourth-order valence-corrected chi connectivity index (χ4v) is 3.21. The smallest absolute Gasteiger partial charge is 0.324 e. The van der Waals surface area contributed by atoms with Gasteiger partial charge in [-0.2, -0.15) is 0 Å². The van der Waals surface area contributed by atoms with Crippen molar-refractivity contribution < 1.29 is 9.53 Å². The normalized spacial score (nSPS) is 29.1. The molecule has 2 heterocycles. The molecule has 2 aliphatic heterocycles. The molecule has 1 fully saturated rings. The van der Waals surface area contributed by atoms with E-state index in [9.17, 15) is 4.79 Å². The maximum atomic E-state index is 12.1. The number of esters is 1. The highest BCUT2D eigenvalue weighted by Gasteiger charge is 2.52. The van der Waals surface area contributed by atoms with Gasteiger partial charge in [0.15, 0.2) is 0 Å². The average Bonchev–Trinajstić information content (AvgIpc) is 2.97. The predicted molar refractivity (Wildman–Crippen MR) is 69.7 cm³/mol. The second kappa shape index (κ2) is 4.28. The van der Waals surface area contributed by atoms with Crippen molar-refractivity contribution in [2.45, 2.75) is 24.8 Å². The van der Waals surface area contributed by atoms with E-state index < -0.39 is 0 Å². The van der Waals surface area contributed by atoms with Gasteiger partial charge in [0.05, 0.1) is 6.61 Å². The highest BCUT2D eigenvalue weighted by Crippen LogP contribution is 2.44. The Morgan fingerprint density at radius 1 is 1.50 bits per heavy atom. The maximum absolute atomic E-state index is 12.1. The van der Waals surface area contributed by atoms with Gasteiger partial charge < -0.3 is 15.4 Å². The first-order chi connectivity index (χ1) is 8.78. The van der Waals surface area contributed by atoms with Crippen LogP contribution in [0.2, 0.25) is 0 Å². The largest absolute Gasteiger partial charge is 0.465 e. The van der Waals surface area contributed by atoms with E-state index in [1.807, 2.05) is 19.1 Å². The minimum absolute atomic E-state index is 0.131. The van der Waals surface area contributed by atoms with Gasteiger partial charge in [0.2, 0.25) is 0 Å². The monoisotopic (exact) mass is 246 g/mol. The summed E-state index contributed by atoms with van der Waals surface area (Å²) in [5.74, 6) is -0.131. The van der Waals surface area contributed by atoms with Crippen molar-refractivity contribution in [2.75, 3.05) is 25.0 Å². The minimum Gasteiger partial charge on any atom is -0.465 e. The molecule has 18 heavy (non-hydrogen) atoms. The molecule has 96 valence electrons. The molecule has 1 aromatic carbocycles. The van der Waals surface area contributed by atoms with E-state index in [-0.39, 0.29) is 17.4 Å². The summed E-state index contributed by atoms with van der Waals surface area (Å²) in [4.78, 5) is 12.1. The van der Waals surface area contributed by atoms with Crippen LogP contribution < -0.4 is 10.6 Å². The van der Waals surface area contributed by atoms with Crippen LogP contribution >= 0.6 is 0 Å². The zero-order valence-electron chi connectivity index (χ0n) is 10.5. The van der Waals surface area contributed by atoms with Gasteiger partial charge in [-0.15, -0.1) is 0 Å². The summed E-state index contributed by atoms with van der Waals surface area (Å²) in [6.45, 7) is 3.95. The molecule has 2 unspecified atom stereocenters. The van der Waals surface area contributed by atoms with Gasteiger partial charge in [-0.1, -0.05) is 18.2 Å². The molecule has 2 aliphatic rings. The van der Waals surface area contributed by atoms with Crippen molar-refractivity contribution in [1.29, 1.82) is 0 Å². The highest BCUT2D eigenvalue weighted by atomic mass is 16.5. The lowest BCUT2D eigenvalue weighted by Crippen LogP contribution is -2.48. The average molecular weight is 246 g/mol. The van der Waals surface area contributed by atoms with Gasteiger partial charge >= 0.3 is 5.97 Å². The maximum Gasteiger partial charge on any atom is 0.324 e. The van der Waals surface area contributed by atoms with E-state index in [4.69, 9.17) is 4.74 Å². The molecule has 4 heteroatoms. The number of fused-ring (bicyclic) bond motifs is 2. The van der Waals surface area contributed by atoms with Crippen molar-refractivity contribution in [2.24, 2.45) is 0 Å². The number of hydrogen-bond donors (Lipinski definition) is 2. The Kier molecular flexibility index (Phi) is 2.74. The quantitative estimate of drug-likeness (QED) is 0.772. The first-order valence-corrected chi connectivity index (χ1v) is 6.51. The van der Waals surface area contributed by atoms with E-state index in [2.05, 4.69) is 22.8 Å². The van der Waals surface area contributed by atoms with Crippen molar-refractivity contribution >= 4 is 11.7 Å². The molecule has 0 aromatic heterocycles. The van der Waals surface area contributed by atoms with Crippen molar-refractivity contribution in [3.8, 4) is 0 Å². The van der Waals surface area contributed by atoms with E-state index in [0.717, 1.165) is 25.2 Å². The van der Waals surface area contributed by atoms with Gasteiger partial charge in [0, 0.05) is 17.6 Å². The van der Waals surface area contributed by atoms with Crippen molar-refractivity contribution in [3.05, 3.63) is 29.8 Å². The third kappa shape index (κ3) is 1.52. The fourth-order valence-electron chi connectivity index (χ4n) is 3.21. The summed E-state index contributed by atoms with van der Waals surface area (Å²) in [5.41, 5.74) is 2.26. The third-order valence-corrected chi connectivity index (χ3v) is 4.05. The lowest BCUT2D eigenvalue weighted by Gasteiger charge is -2.29. The number of carbonyl (C=O) groups excluding carboxylic acids is 1. The summed E-state index contributed by atoms with van der Waals surface area (Å²) < 4.78 is 5.20. The molecule has 0 aliphatic carbocycles. The van der Waals surface area contributed by atoms with Gasteiger partial charge in [-0.3, -0.25) is 4.79 Å². The number of para-hydroxylation sites is 1. The molecule has 1 aromatic rings. The number of rotatable bonds is 2. The van der Waals surface area contributed by atoms with E-state index in [1.54, 1.807) is 0 Å². The molecule has 3 rings (SSSR count). The molecule has 1 spiro atoms. The number of carbonyl (C=O) groups is 1. The van der Waals surface area contributed by atoms with Crippen molar-refractivity contribution in [3.63, 3.8) is 0 Å². The topological polar surface area (TPSA) is 50.4 Å². The van der Waals surface area contributed by atoms with Crippen LogP contribution in [0.15, 0.2) is 24.3 Å². The summed E-state index contributed by atoms with van der Waals surface area (Å²) in [6, 6.07) is 8.02. The molecule has 2 atom stereocenters. The summed E-state index contributed by atoms with van der Waals surface area (Å²) in [6.07, 6.45) is 0.973. The Morgan fingerprint density at radius 3 is 3.17 bits per heavy atom. The Labute approximate surface area is 107 Å². The lowest BCUT2D eigenvalue weighted by molar-refractivity contribution is -0.146. The second-order valence-corrected chi connectivity index (χ2v) is 4.94. The predicted octanol–water partition coefficient (Wildman–Crippen LogP) is 1.27. The molecule has 1 saturated heterocycles. The van der Waals surface area contributed by atoms with Crippen LogP contribution in [0.5, 0.6) is 0 Å². The Hall–Kier alpha value is -1.55. The highest BCUT2D eigenvalue weighted by molar-refractivity contribution is 5.81. The molecule has 0 bridgehead atoms. The number of ether oxygens (including phenoxy) is 1. The van der Waals surface area contributed by atoms with Gasteiger partial charge in [-0.25, -0.2) is 0 Å². The van der Waals surface area contributed by atoms with E-state index >= 15 is 0 Å². The number of hydrogen-bond acceptors (Lipinski definition) is 4.